The molecule has 1 rings (SSSR count). The molecule has 82 valence electrons. The first-order valence-corrected chi connectivity index (χ1v) is 5.30. The van der Waals surface area contributed by atoms with Crippen molar-refractivity contribution >= 4 is 17.7 Å². The predicted octanol–water partition coefficient (Wildman–Crippen LogP) is 1.68. The quantitative estimate of drug-likeness (QED) is 0.467. The molecule has 1 aromatic rings. The number of para-hydroxylation sites is 1. The molecule has 0 saturated heterocycles. The molecule has 2 N–H and O–H groups in total. The highest BCUT2D eigenvalue weighted by molar-refractivity contribution is 8.00. The van der Waals surface area contributed by atoms with E-state index in [-0.39, 0.29) is 5.25 Å². The van der Waals surface area contributed by atoms with Crippen molar-refractivity contribution in [2.24, 2.45) is 0 Å². The molecule has 0 aliphatic carbocycles. The van der Waals surface area contributed by atoms with Crippen molar-refractivity contribution in [3.05, 3.63) is 24.3 Å². The lowest BCUT2D eigenvalue weighted by molar-refractivity contribution is -0.128. The summed E-state index contributed by atoms with van der Waals surface area (Å²) in [4.78, 5) is 12.0. The van der Waals surface area contributed by atoms with Crippen molar-refractivity contribution in [1.82, 2.24) is 5.48 Å². The normalized spacial score (nSPS) is 11.9. The molecular formula is C10H13NO3S. The van der Waals surface area contributed by atoms with E-state index in [0.29, 0.717) is 0 Å². The van der Waals surface area contributed by atoms with Gasteiger partial charge in [-0.25, -0.2) is 5.48 Å². The summed E-state index contributed by atoms with van der Waals surface area (Å²) in [6.45, 7) is 1.71. The molecule has 4 nitrogen and oxygen atoms in total. The van der Waals surface area contributed by atoms with Crippen LogP contribution >= 0.6 is 11.8 Å². The summed E-state index contributed by atoms with van der Waals surface area (Å²) in [6, 6.07) is 7.42. The molecule has 0 bridgehead atoms. The summed E-state index contributed by atoms with van der Waals surface area (Å²) in [7, 11) is 1.58. The number of rotatable bonds is 4. The van der Waals surface area contributed by atoms with Crippen molar-refractivity contribution in [2.45, 2.75) is 17.1 Å². The van der Waals surface area contributed by atoms with Crippen molar-refractivity contribution in [1.29, 1.82) is 0 Å². The van der Waals surface area contributed by atoms with Crippen LogP contribution in [0.15, 0.2) is 29.2 Å². The van der Waals surface area contributed by atoms with E-state index >= 15 is 0 Å². The zero-order valence-corrected chi connectivity index (χ0v) is 9.38. The van der Waals surface area contributed by atoms with Crippen LogP contribution < -0.4 is 10.2 Å². The third kappa shape index (κ3) is 3.14. The number of ether oxygens (including phenoxy) is 1. The van der Waals surface area contributed by atoms with Gasteiger partial charge in [0.05, 0.1) is 17.3 Å². The third-order valence-corrected chi connectivity index (χ3v) is 3.01. The molecule has 0 aromatic heterocycles. The van der Waals surface area contributed by atoms with Gasteiger partial charge in [-0.1, -0.05) is 12.1 Å². The van der Waals surface area contributed by atoms with Crippen LogP contribution in [0.5, 0.6) is 5.75 Å². The molecule has 1 aromatic carbocycles. The minimum atomic E-state index is -0.425. The second-order valence-electron chi connectivity index (χ2n) is 2.89. The molecule has 5 heteroatoms. The summed E-state index contributed by atoms with van der Waals surface area (Å²) in [6.07, 6.45) is 0. The number of carbonyl (C=O) groups is 1. The Bertz CT molecular complexity index is 343. The number of carbonyl (C=O) groups excluding carboxylic acids is 1. The van der Waals surface area contributed by atoms with E-state index in [0.717, 1.165) is 10.6 Å². The third-order valence-electron chi connectivity index (χ3n) is 1.85. The number of thioether (sulfide) groups is 1. The number of amides is 1. The van der Waals surface area contributed by atoms with Gasteiger partial charge in [-0.3, -0.25) is 10.0 Å². The standard InChI is InChI=1S/C10H13NO3S/c1-7(10(12)11-13)15-9-6-4-3-5-8(9)14-2/h3-7,13H,1-2H3,(H,11,12). The second-order valence-corrected chi connectivity index (χ2v) is 4.27. The van der Waals surface area contributed by atoms with Crippen molar-refractivity contribution < 1.29 is 14.7 Å². The van der Waals surface area contributed by atoms with E-state index < -0.39 is 5.91 Å². The summed E-state index contributed by atoms with van der Waals surface area (Å²) >= 11 is 1.33. The first kappa shape index (κ1) is 11.9. The average molecular weight is 227 g/mol. The second kappa shape index (κ2) is 5.63. The smallest absolute Gasteiger partial charge is 0.256 e. The highest BCUT2D eigenvalue weighted by Crippen LogP contribution is 2.31. The topological polar surface area (TPSA) is 58.6 Å². The Labute approximate surface area is 92.6 Å². The number of benzene rings is 1. The first-order valence-electron chi connectivity index (χ1n) is 4.42. The number of nitrogens with one attached hydrogen (secondary N) is 1. The molecule has 0 radical (unpaired) electrons. The van der Waals surface area contributed by atoms with Crippen LogP contribution in [0.3, 0.4) is 0 Å². The fraction of sp³-hybridized carbons (Fsp3) is 0.300. The summed E-state index contributed by atoms with van der Waals surface area (Å²) < 4.78 is 5.14. The maximum atomic E-state index is 11.1. The van der Waals surface area contributed by atoms with Gasteiger partial charge in [-0.2, -0.15) is 0 Å². The zero-order valence-electron chi connectivity index (χ0n) is 8.56. The predicted molar refractivity (Wildman–Crippen MR) is 58.2 cm³/mol. The maximum absolute atomic E-state index is 11.1. The lowest BCUT2D eigenvalue weighted by Crippen LogP contribution is -2.27. The summed E-state index contributed by atoms with van der Waals surface area (Å²) in [5, 5.41) is 8.10. The minimum absolute atomic E-state index is 0.369. The van der Waals surface area contributed by atoms with Crippen LogP contribution in [-0.4, -0.2) is 23.5 Å². The van der Waals surface area contributed by atoms with Gasteiger partial charge in [0.1, 0.15) is 5.75 Å². The van der Waals surface area contributed by atoms with E-state index in [4.69, 9.17) is 9.94 Å². The highest BCUT2D eigenvalue weighted by Gasteiger charge is 2.15. The van der Waals surface area contributed by atoms with Gasteiger partial charge < -0.3 is 4.74 Å². The van der Waals surface area contributed by atoms with Gasteiger partial charge in [-0.15, -0.1) is 11.8 Å². The van der Waals surface area contributed by atoms with Gasteiger partial charge in [0.15, 0.2) is 0 Å². The number of hydroxylamine groups is 1. The Balaban J connectivity index is 2.75. The van der Waals surface area contributed by atoms with Gasteiger partial charge in [-0.05, 0) is 19.1 Å². The molecule has 1 atom stereocenters. The lowest BCUT2D eigenvalue weighted by Gasteiger charge is -2.11. The maximum Gasteiger partial charge on any atom is 0.256 e. The molecule has 0 heterocycles. The Kier molecular flexibility index (Phi) is 4.45. The van der Waals surface area contributed by atoms with Crippen LogP contribution in [0.25, 0.3) is 0 Å². The Hall–Kier alpha value is -1.20. The van der Waals surface area contributed by atoms with Gasteiger partial charge >= 0.3 is 0 Å². The van der Waals surface area contributed by atoms with Crippen LogP contribution in [0.2, 0.25) is 0 Å². The molecule has 0 saturated carbocycles. The Morgan fingerprint density at radius 1 is 1.53 bits per heavy atom. The summed E-state index contributed by atoms with van der Waals surface area (Å²) in [5.41, 5.74) is 1.62. The summed E-state index contributed by atoms with van der Waals surface area (Å²) in [5.74, 6) is 0.297. The SMILES string of the molecule is COc1ccccc1SC(C)C(=O)NO. The van der Waals surface area contributed by atoms with E-state index in [1.54, 1.807) is 19.5 Å². The fourth-order valence-corrected chi connectivity index (χ4v) is 2.02. The van der Waals surface area contributed by atoms with Crippen LogP contribution in [0.4, 0.5) is 0 Å². The molecule has 0 fully saturated rings. The average Bonchev–Trinajstić information content (AvgIpc) is 2.28. The lowest BCUT2D eigenvalue weighted by atomic mass is 10.3. The van der Waals surface area contributed by atoms with E-state index in [9.17, 15) is 4.79 Å². The number of hydrogen-bond donors (Lipinski definition) is 2. The van der Waals surface area contributed by atoms with Crippen molar-refractivity contribution in [3.8, 4) is 5.75 Å². The molecule has 0 spiro atoms. The Morgan fingerprint density at radius 2 is 2.20 bits per heavy atom. The molecule has 0 aliphatic heterocycles. The van der Waals surface area contributed by atoms with E-state index in [1.807, 2.05) is 24.3 Å². The molecular weight excluding hydrogens is 214 g/mol. The van der Waals surface area contributed by atoms with Gasteiger partial charge in [0.25, 0.3) is 5.91 Å². The van der Waals surface area contributed by atoms with Crippen LogP contribution in [0, 0.1) is 0 Å². The molecule has 15 heavy (non-hydrogen) atoms. The Morgan fingerprint density at radius 3 is 2.80 bits per heavy atom. The zero-order chi connectivity index (χ0) is 11.3. The molecule has 1 unspecified atom stereocenters. The van der Waals surface area contributed by atoms with E-state index in [2.05, 4.69) is 0 Å². The van der Waals surface area contributed by atoms with Crippen molar-refractivity contribution in [2.75, 3.05) is 7.11 Å². The largest absolute Gasteiger partial charge is 0.496 e. The monoisotopic (exact) mass is 227 g/mol. The van der Waals surface area contributed by atoms with Crippen molar-refractivity contribution in [3.63, 3.8) is 0 Å². The molecule has 1 amide bonds. The highest BCUT2D eigenvalue weighted by atomic mass is 32.2. The number of hydrogen-bond acceptors (Lipinski definition) is 4. The van der Waals surface area contributed by atoms with E-state index in [1.165, 1.54) is 11.8 Å². The molecule has 0 aliphatic rings. The van der Waals surface area contributed by atoms with Gasteiger partial charge in [0, 0.05) is 0 Å². The number of methoxy groups -OCH3 is 1. The minimum Gasteiger partial charge on any atom is -0.496 e. The fourth-order valence-electron chi connectivity index (χ4n) is 1.05. The van der Waals surface area contributed by atoms with Crippen LogP contribution in [0.1, 0.15) is 6.92 Å². The van der Waals surface area contributed by atoms with Gasteiger partial charge in [0.2, 0.25) is 0 Å². The first-order chi connectivity index (χ1) is 7.19. The van der Waals surface area contributed by atoms with Crippen LogP contribution in [-0.2, 0) is 4.79 Å².